The number of hydrogen-bond acceptors (Lipinski definition) is 5. The number of aryl methyl sites for hydroxylation is 2. The minimum Gasteiger partial charge on any atom is -0.508 e. The molecule has 3 heterocycles. The zero-order valence-electron chi connectivity index (χ0n) is 18.3. The van der Waals surface area contributed by atoms with Crippen molar-refractivity contribution in [2.75, 3.05) is 5.73 Å². The number of aromatic nitrogens is 5. The first-order valence-electron chi connectivity index (χ1n) is 10.5. The zero-order chi connectivity index (χ0) is 23.1. The number of nitrogens with two attached hydrogens (primary N) is 1. The Balaban J connectivity index is 1.81. The van der Waals surface area contributed by atoms with Crippen LogP contribution in [0.25, 0.3) is 28.0 Å². The minimum absolute atomic E-state index is 0.0980. The third-order valence-electron chi connectivity index (χ3n) is 5.51. The monoisotopic (exact) mass is 439 g/mol. The average Bonchev–Trinajstić information content (AvgIpc) is 3.11. The number of H-pyrrole nitrogens is 1. The number of aromatic amines is 1. The van der Waals surface area contributed by atoms with Gasteiger partial charge in [0.1, 0.15) is 18.0 Å². The fraction of sp³-hybridized carbons (Fsp3) is 0.120. The van der Waals surface area contributed by atoms with Crippen LogP contribution in [0.15, 0.2) is 71.5 Å². The summed E-state index contributed by atoms with van der Waals surface area (Å²) in [6, 6.07) is 20.4. The van der Waals surface area contributed by atoms with Crippen LogP contribution in [0.3, 0.4) is 0 Å². The first-order valence-corrected chi connectivity index (χ1v) is 10.5. The van der Waals surface area contributed by atoms with Gasteiger partial charge in [-0.15, -0.1) is 9.38 Å². The van der Waals surface area contributed by atoms with Crippen molar-refractivity contribution in [3.63, 3.8) is 0 Å². The number of rotatable bonds is 4. The van der Waals surface area contributed by atoms with E-state index in [0.29, 0.717) is 11.3 Å². The number of hydrogen-bond donors (Lipinski definition) is 3. The maximum absolute atomic E-state index is 13.3. The molecule has 0 aliphatic carbocycles. The van der Waals surface area contributed by atoms with E-state index in [4.69, 9.17) is 5.73 Å². The number of nitrogen functional groups attached to an aromatic ring is 1. The molecular formula is C25H23N6O2+. The summed E-state index contributed by atoms with van der Waals surface area (Å²) in [4.78, 5) is 22.4. The Morgan fingerprint density at radius 1 is 0.970 bits per heavy atom. The van der Waals surface area contributed by atoms with Gasteiger partial charge < -0.3 is 10.8 Å². The molecule has 0 amide bonds. The molecule has 0 saturated heterocycles. The third-order valence-corrected chi connectivity index (χ3v) is 5.51. The molecule has 8 nitrogen and oxygen atoms in total. The van der Waals surface area contributed by atoms with E-state index in [2.05, 4.69) is 15.1 Å². The van der Waals surface area contributed by atoms with Crippen LogP contribution in [0.5, 0.6) is 5.75 Å². The molecule has 2 aromatic carbocycles. The van der Waals surface area contributed by atoms with Gasteiger partial charge in [0.25, 0.3) is 0 Å². The van der Waals surface area contributed by atoms with Crippen molar-refractivity contribution in [1.82, 2.24) is 19.7 Å². The van der Waals surface area contributed by atoms with Crippen molar-refractivity contribution in [3.8, 4) is 28.1 Å². The Morgan fingerprint density at radius 2 is 1.64 bits per heavy atom. The lowest BCUT2D eigenvalue weighted by Crippen LogP contribution is -2.44. The summed E-state index contributed by atoms with van der Waals surface area (Å²) in [7, 11) is 0. The van der Waals surface area contributed by atoms with Crippen molar-refractivity contribution >= 4 is 11.6 Å². The average molecular weight is 439 g/mol. The van der Waals surface area contributed by atoms with Crippen LogP contribution >= 0.6 is 0 Å². The van der Waals surface area contributed by atoms with E-state index in [1.165, 1.54) is 9.08 Å². The largest absolute Gasteiger partial charge is 0.508 e. The van der Waals surface area contributed by atoms with E-state index in [9.17, 15) is 9.90 Å². The molecular weight excluding hydrogens is 416 g/mol. The summed E-state index contributed by atoms with van der Waals surface area (Å²) in [5.74, 6) is 0.268. The van der Waals surface area contributed by atoms with E-state index in [-0.39, 0.29) is 23.9 Å². The number of fused-ring (bicyclic) bond motifs is 1. The molecule has 4 N–H and O–H groups in total. The predicted octanol–water partition coefficient (Wildman–Crippen LogP) is 2.99. The highest BCUT2D eigenvalue weighted by Gasteiger charge is 2.26. The lowest BCUT2D eigenvalue weighted by Gasteiger charge is -2.10. The summed E-state index contributed by atoms with van der Waals surface area (Å²) in [6.07, 6.45) is 0. The molecule has 0 bridgehead atoms. The molecule has 0 aliphatic rings. The molecule has 0 aliphatic heterocycles. The fourth-order valence-corrected chi connectivity index (χ4v) is 4.10. The molecule has 3 aromatic heterocycles. The first kappa shape index (κ1) is 20.4. The Hall–Kier alpha value is -4.46. The van der Waals surface area contributed by atoms with E-state index < -0.39 is 0 Å². The van der Waals surface area contributed by atoms with E-state index in [1.807, 2.05) is 56.3 Å². The topological polar surface area (TPSA) is 114 Å². The summed E-state index contributed by atoms with van der Waals surface area (Å²) < 4.78 is 2.88. The molecule has 5 rings (SSSR count). The molecule has 0 saturated carbocycles. The molecule has 0 atom stereocenters. The predicted molar refractivity (Wildman–Crippen MR) is 126 cm³/mol. The second-order valence-corrected chi connectivity index (χ2v) is 8.03. The molecule has 0 radical (unpaired) electrons. The van der Waals surface area contributed by atoms with E-state index in [0.717, 1.165) is 33.6 Å². The second kappa shape index (κ2) is 7.90. The maximum atomic E-state index is 13.3. The number of aromatic hydroxyl groups is 1. The van der Waals surface area contributed by atoms with Crippen molar-refractivity contribution < 1.29 is 9.51 Å². The Morgan fingerprint density at radius 3 is 2.30 bits per heavy atom. The van der Waals surface area contributed by atoms with Gasteiger partial charge in [0, 0.05) is 17.0 Å². The van der Waals surface area contributed by atoms with Crippen LogP contribution in [-0.4, -0.2) is 24.9 Å². The molecule has 33 heavy (non-hydrogen) atoms. The Labute approximate surface area is 189 Å². The normalized spacial score (nSPS) is 11.2. The third kappa shape index (κ3) is 3.71. The fourth-order valence-electron chi connectivity index (χ4n) is 4.10. The molecule has 0 fully saturated rings. The second-order valence-electron chi connectivity index (χ2n) is 8.03. The van der Waals surface area contributed by atoms with E-state index >= 15 is 0 Å². The Kier molecular flexibility index (Phi) is 4.90. The maximum Gasteiger partial charge on any atom is 0.428 e. The summed E-state index contributed by atoms with van der Waals surface area (Å²) in [6.45, 7) is 4.16. The van der Waals surface area contributed by atoms with Crippen molar-refractivity contribution in [2.45, 2.75) is 20.4 Å². The van der Waals surface area contributed by atoms with Gasteiger partial charge in [-0.25, -0.2) is 9.89 Å². The van der Waals surface area contributed by atoms with Crippen molar-refractivity contribution in [1.29, 1.82) is 0 Å². The van der Waals surface area contributed by atoms with Crippen LogP contribution in [0.1, 0.15) is 17.0 Å². The van der Waals surface area contributed by atoms with Gasteiger partial charge >= 0.3 is 11.6 Å². The highest BCUT2D eigenvalue weighted by Crippen LogP contribution is 2.33. The first-order chi connectivity index (χ1) is 15.9. The number of pyridine rings is 1. The number of phenols is 1. The quantitative estimate of drug-likeness (QED) is 0.373. The lowest BCUT2D eigenvalue weighted by molar-refractivity contribution is -0.516. The summed E-state index contributed by atoms with van der Waals surface area (Å²) >= 11 is 0. The van der Waals surface area contributed by atoms with Crippen molar-refractivity contribution in [2.24, 2.45) is 0 Å². The number of benzene rings is 2. The standard InChI is InChI=1S/C25H22N6O2/c1-15-12-19(13-16(2)27-15)21-22(18-6-4-3-5-7-18)28-24(26)31-23(21)29-30(25(31)33)14-17-8-10-20(32)11-9-17/h3-13H,14H2,1-2H3,(H3,26,27,28,29,32)/p+1. The smallest absolute Gasteiger partial charge is 0.428 e. The van der Waals surface area contributed by atoms with Gasteiger partial charge in [-0.2, -0.15) is 4.68 Å². The van der Waals surface area contributed by atoms with Crippen LogP contribution in [0, 0.1) is 13.8 Å². The number of phenolic OH excluding ortho intramolecular Hbond substituents is 1. The van der Waals surface area contributed by atoms with Crippen LogP contribution in [0.4, 0.5) is 5.95 Å². The minimum atomic E-state index is -0.327. The summed E-state index contributed by atoms with van der Waals surface area (Å²) in [5, 5.41) is 12.8. The van der Waals surface area contributed by atoms with Gasteiger partial charge in [-0.1, -0.05) is 42.5 Å². The molecule has 0 unspecified atom stereocenters. The number of nitrogens with zero attached hydrogens (tertiary/aromatic N) is 4. The van der Waals surface area contributed by atoms with Crippen molar-refractivity contribution in [3.05, 3.63) is 94.2 Å². The van der Waals surface area contributed by atoms with Crippen LogP contribution in [-0.2, 0) is 6.54 Å². The molecule has 5 aromatic rings. The molecule has 164 valence electrons. The zero-order valence-corrected chi connectivity index (χ0v) is 18.3. The van der Waals surface area contributed by atoms with Crippen LogP contribution < -0.4 is 15.8 Å². The van der Waals surface area contributed by atoms with Gasteiger partial charge in [0.05, 0.1) is 5.56 Å². The molecule has 8 heteroatoms. The number of anilines is 1. The van der Waals surface area contributed by atoms with Crippen LogP contribution in [0.2, 0.25) is 0 Å². The summed E-state index contributed by atoms with van der Waals surface area (Å²) in [5.41, 5.74) is 12.3. The lowest BCUT2D eigenvalue weighted by atomic mass is 9.99. The number of nitrogens with one attached hydrogen (secondary N) is 1. The van der Waals surface area contributed by atoms with Gasteiger partial charge in [0.15, 0.2) is 0 Å². The van der Waals surface area contributed by atoms with Gasteiger partial charge in [0.2, 0.25) is 5.65 Å². The Bertz CT molecular complexity index is 1520. The van der Waals surface area contributed by atoms with Gasteiger partial charge in [-0.3, -0.25) is 4.98 Å². The SMILES string of the molecule is Cc1cc(-c2c(-c3ccccc3)nc(N)[n+]3c(=O)n(Cc4ccc(O)cc4)[nH]c23)cc(C)n1. The van der Waals surface area contributed by atoms with Gasteiger partial charge in [-0.05, 0) is 49.2 Å². The highest BCUT2D eigenvalue weighted by molar-refractivity contribution is 5.88. The van der Waals surface area contributed by atoms with E-state index in [1.54, 1.807) is 24.3 Å². The highest BCUT2D eigenvalue weighted by atomic mass is 16.3. The molecule has 0 spiro atoms.